The predicted octanol–water partition coefficient (Wildman–Crippen LogP) is 2.07. The number of rotatable bonds is 5. The highest BCUT2D eigenvalue weighted by Crippen LogP contribution is 2.18. The first-order valence-electron chi connectivity index (χ1n) is 4.26. The van der Waals surface area contributed by atoms with Crippen LogP contribution in [0.4, 0.5) is 13.2 Å². The Bertz CT molecular complexity index is 233. The van der Waals surface area contributed by atoms with Crippen LogP contribution in [0.15, 0.2) is 11.6 Å². The fourth-order valence-electron chi connectivity index (χ4n) is 0.699. The minimum Gasteiger partial charge on any atom is -0.466 e. The minimum atomic E-state index is -4.21. The molecule has 0 bridgehead atoms. The van der Waals surface area contributed by atoms with Crippen molar-refractivity contribution in [1.29, 1.82) is 0 Å². The molecule has 0 rings (SSSR count). The molecule has 0 fully saturated rings. The Kier molecular flexibility index (Phi) is 6.00. The molecule has 0 amide bonds. The van der Waals surface area contributed by atoms with E-state index in [2.05, 4.69) is 9.47 Å². The van der Waals surface area contributed by atoms with Crippen molar-refractivity contribution >= 4 is 5.97 Å². The van der Waals surface area contributed by atoms with Crippen molar-refractivity contribution in [3.05, 3.63) is 11.6 Å². The summed E-state index contributed by atoms with van der Waals surface area (Å²) < 4.78 is 44.0. The van der Waals surface area contributed by atoms with Gasteiger partial charge in [0.2, 0.25) is 0 Å². The zero-order valence-corrected chi connectivity index (χ0v) is 8.56. The van der Waals surface area contributed by atoms with E-state index in [1.54, 1.807) is 0 Å². The Labute approximate surface area is 85.9 Å². The lowest BCUT2D eigenvalue weighted by molar-refractivity contribution is -0.144. The fourth-order valence-corrected chi connectivity index (χ4v) is 0.699. The van der Waals surface area contributed by atoms with Gasteiger partial charge in [0.25, 0.3) is 0 Å². The monoisotopic (exact) mass is 226 g/mol. The number of carbonyl (C=O) groups is 1. The van der Waals surface area contributed by atoms with Crippen molar-refractivity contribution in [2.75, 3.05) is 20.3 Å². The number of carbonyl (C=O) groups excluding carboxylic acids is 1. The normalized spacial score (nSPS) is 12.7. The van der Waals surface area contributed by atoms with Gasteiger partial charge < -0.3 is 9.47 Å². The van der Waals surface area contributed by atoms with Crippen LogP contribution in [0.1, 0.15) is 13.3 Å². The van der Waals surface area contributed by atoms with Crippen LogP contribution < -0.4 is 0 Å². The highest BCUT2D eigenvalue weighted by atomic mass is 19.4. The highest BCUT2D eigenvalue weighted by Gasteiger charge is 2.26. The van der Waals surface area contributed by atoms with Crippen molar-refractivity contribution < 1.29 is 27.4 Å². The summed E-state index contributed by atoms with van der Waals surface area (Å²) in [5, 5.41) is 0. The van der Waals surface area contributed by atoms with Gasteiger partial charge in [-0.2, -0.15) is 13.2 Å². The zero-order chi connectivity index (χ0) is 11.9. The molecule has 0 saturated heterocycles. The fraction of sp³-hybridized carbons (Fsp3) is 0.667. The molecular weight excluding hydrogens is 213 g/mol. The standard InChI is InChI=1S/C9H13F3O3/c1-7(8(13)14-2)3-5-15-6-4-9(10,11)12/h3H,4-6H2,1-2H3. The summed E-state index contributed by atoms with van der Waals surface area (Å²) in [6.07, 6.45) is -3.82. The maximum absolute atomic E-state index is 11.7. The van der Waals surface area contributed by atoms with E-state index in [-0.39, 0.29) is 6.61 Å². The number of hydrogen-bond acceptors (Lipinski definition) is 3. The van der Waals surface area contributed by atoms with E-state index in [0.717, 1.165) is 0 Å². The van der Waals surface area contributed by atoms with Crippen molar-refractivity contribution in [3.8, 4) is 0 Å². The molecule has 0 spiro atoms. The summed E-state index contributed by atoms with van der Waals surface area (Å²) >= 11 is 0. The molecule has 15 heavy (non-hydrogen) atoms. The second kappa shape index (κ2) is 6.44. The van der Waals surface area contributed by atoms with Crippen LogP contribution in [0.5, 0.6) is 0 Å². The Hall–Kier alpha value is -1.04. The predicted molar refractivity (Wildman–Crippen MR) is 47.3 cm³/mol. The van der Waals surface area contributed by atoms with Crippen molar-refractivity contribution in [3.63, 3.8) is 0 Å². The maximum atomic E-state index is 11.7. The second-order valence-electron chi connectivity index (χ2n) is 2.82. The molecule has 0 unspecified atom stereocenters. The van der Waals surface area contributed by atoms with E-state index < -0.39 is 25.2 Å². The van der Waals surface area contributed by atoms with Crippen LogP contribution in [-0.4, -0.2) is 32.5 Å². The first kappa shape index (κ1) is 14.0. The summed E-state index contributed by atoms with van der Waals surface area (Å²) in [5.41, 5.74) is 0.310. The van der Waals surface area contributed by atoms with Crippen LogP contribution in [-0.2, 0) is 14.3 Å². The molecule has 0 aromatic rings. The molecule has 0 aliphatic heterocycles. The number of esters is 1. The van der Waals surface area contributed by atoms with Gasteiger partial charge in [0, 0.05) is 5.57 Å². The Morgan fingerprint density at radius 1 is 1.40 bits per heavy atom. The van der Waals surface area contributed by atoms with E-state index >= 15 is 0 Å². The van der Waals surface area contributed by atoms with Gasteiger partial charge in [0.1, 0.15) is 0 Å². The molecule has 3 nitrogen and oxygen atoms in total. The van der Waals surface area contributed by atoms with E-state index in [9.17, 15) is 18.0 Å². The molecule has 0 heterocycles. The summed E-state index contributed by atoms with van der Waals surface area (Å²) in [7, 11) is 1.23. The van der Waals surface area contributed by atoms with Gasteiger partial charge in [-0.15, -0.1) is 0 Å². The lowest BCUT2D eigenvalue weighted by Gasteiger charge is -2.05. The number of methoxy groups -OCH3 is 1. The van der Waals surface area contributed by atoms with E-state index in [0.29, 0.717) is 5.57 Å². The average molecular weight is 226 g/mol. The zero-order valence-electron chi connectivity index (χ0n) is 8.56. The third-order valence-corrected chi connectivity index (χ3v) is 1.54. The maximum Gasteiger partial charge on any atom is 0.391 e. The molecule has 0 radical (unpaired) electrons. The molecule has 0 aromatic carbocycles. The summed E-state index contributed by atoms with van der Waals surface area (Å²) in [6.45, 7) is 1.06. The molecule has 0 atom stereocenters. The van der Waals surface area contributed by atoms with Gasteiger partial charge >= 0.3 is 12.1 Å². The van der Waals surface area contributed by atoms with Crippen molar-refractivity contribution in [2.24, 2.45) is 0 Å². The van der Waals surface area contributed by atoms with Gasteiger partial charge in [-0.1, -0.05) is 0 Å². The van der Waals surface area contributed by atoms with Gasteiger partial charge in [0.05, 0.1) is 26.7 Å². The average Bonchev–Trinajstić information content (AvgIpc) is 2.14. The molecule has 0 saturated carbocycles. The smallest absolute Gasteiger partial charge is 0.391 e. The molecule has 0 aromatic heterocycles. The van der Waals surface area contributed by atoms with Crippen LogP contribution in [0, 0.1) is 0 Å². The third kappa shape index (κ3) is 7.99. The number of alkyl halides is 3. The Morgan fingerprint density at radius 2 is 2.00 bits per heavy atom. The van der Waals surface area contributed by atoms with Gasteiger partial charge in [0.15, 0.2) is 0 Å². The summed E-state index contributed by atoms with van der Waals surface area (Å²) in [6, 6.07) is 0. The largest absolute Gasteiger partial charge is 0.466 e. The van der Waals surface area contributed by atoms with Crippen molar-refractivity contribution in [1.82, 2.24) is 0 Å². The minimum absolute atomic E-state index is 0.0307. The highest BCUT2D eigenvalue weighted by molar-refractivity contribution is 5.87. The first-order chi connectivity index (χ1) is 6.87. The lowest BCUT2D eigenvalue weighted by atomic mass is 10.3. The quantitative estimate of drug-likeness (QED) is 0.409. The second-order valence-corrected chi connectivity index (χ2v) is 2.82. The number of ether oxygens (including phenoxy) is 2. The topological polar surface area (TPSA) is 35.5 Å². The van der Waals surface area contributed by atoms with E-state index in [1.165, 1.54) is 20.1 Å². The Balaban J connectivity index is 3.66. The SMILES string of the molecule is COC(=O)C(C)=CCOCCC(F)(F)F. The third-order valence-electron chi connectivity index (χ3n) is 1.54. The number of halogens is 3. The molecular formula is C9H13F3O3. The van der Waals surface area contributed by atoms with Gasteiger partial charge in [-0.3, -0.25) is 0 Å². The van der Waals surface area contributed by atoms with Gasteiger partial charge in [-0.25, -0.2) is 4.79 Å². The molecule has 88 valence electrons. The molecule has 0 N–H and O–H groups in total. The van der Waals surface area contributed by atoms with Crippen molar-refractivity contribution in [2.45, 2.75) is 19.5 Å². The van der Waals surface area contributed by atoms with E-state index in [1.807, 2.05) is 0 Å². The number of hydrogen-bond donors (Lipinski definition) is 0. The lowest BCUT2D eigenvalue weighted by Crippen LogP contribution is -2.12. The van der Waals surface area contributed by atoms with Crippen LogP contribution in [0.2, 0.25) is 0 Å². The Morgan fingerprint density at radius 3 is 2.47 bits per heavy atom. The van der Waals surface area contributed by atoms with Gasteiger partial charge in [-0.05, 0) is 13.0 Å². The molecule has 0 aliphatic carbocycles. The summed E-state index contributed by atoms with van der Waals surface area (Å²) in [4.78, 5) is 10.8. The van der Waals surface area contributed by atoms with Crippen LogP contribution >= 0.6 is 0 Å². The van der Waals surface area contributed by atoms with E-state index in [4.69, 9.17) is 0 Å². The molecule has 0 aliphatic rings. The van der Waals surface area contributed by atoms with Crippen LogP contribution in [0.3, 0.4) is 0 Å². The molecule has 6 heteroatoms. The van der Waals surface area contributed by atoms with Crippen LogP contribution in [0.25, 0.3) is 0 Å². The first-order valence-corrected chi connectivity index (χ1v) is 4.26. The summed E-state index contributed by atoms with van der Waals surface area (Å²) in [5.74, 6) is -0.519.